The zero-order valence-corrected chi connectivity index (χ0v) is 39.7. The second-order valence-electron chi connectivity index (χ2n) is 11.0. The van der Waals surface area contributed by atoms with Crippen molar-refractivity contribution in [2.24, 2.45) is 0 Å². The van der Waals surface area contributed by atoms with Gasteiger partial charge >= 0.3 is 139 Å². The minimum absolute atomic E-state index is 0. The first-order valence-electron chi connectivity index (χ1n) is 16.4. The Morgan fingerprint density at radius 2 is 0.655 bits per heavy atom. The van der Waals surface area contributed by atoms with Gasteiger partial charge in [0.05, 0.1) is 34.2 Å². The molecule has 0 amide bonds. The second-order valence-corrected chi connectivity index (χ2v) is 12.5. The molecular weight excluding hydrogens is 1080 g/mol. The maximum atomic E-state index is 7.26. The molecule has 0 saturated heterocycles. The molecule has 0 unspecified atom stereocenters. The molecule has 1 aromatic carbocycles. The molecule has 0 saturated carbocycles. The third-order valence-corrected chi connectivity index (χ3v) is 7.08. The fourth-order valence-corrected chi connectivity index (χ4v) is 5.11. The van der Waals surface area contributed by atoms with Gasteiger partial charge in [-0.1, -0.05) is 54.6 Å². The number of nitriles is 4. The number of aromatic nitrogens is 6. The predicted molar refractivity (Wildman–Crippen MR) is 216 cm³/mol. The van der Waals surface area contributed by atoms with E-state index in [2.05, 4.69) is 136 Å². The normalized spacial score (nSPS) is 9.00. The Kier molecular flexibility index (Phi) is 32.4. The van der Waals surface area contributed by atoms with Crippen molar-refractivity contribution in [1.82, 2.24) is 39.7 Å². The Bertz CT molecular complexity index is 1880. The average molecular weight is 1110 g/mol. The monoisotopic (exact) mass is 1110 g/mol. The Labute approximate surface area is 394 Å². The number of pyridine rings is 4. The van der Waals surface area contributed by atoms with Gasteiger partial charge in [0.15, 0.2) is 5.82 Å². The van der Waals surface area contributed by atoms with Crippen LogP contribution in [-0.2, 0) is 73.4 Å². The molecule has 0 N–H and O–H groups in total. The van der Waals surface area contributed by atoms with E-state index in [4.69, 9.17) is 31.0 Å². The molecule has 12 nitrogen and oxygen atoms in total. The Balaban J connectivity index is 0.00000208. The van der Waals surface area contributed by atoms with Crippen LogP contribution in [0.2, 0.25) is 0 Å². The minimum atomic E-state index is 0. The van der Waals surface area contributed by atoms with Gasteiger partial charge in [-0.25, -0.2) is 9.97 Å². The van der Waals surface area contributed by atoms with E-state index in [-0.39, 0.29) is 34.1 Å². The quantitative estimate of drug-likeness (QED) is 0.146. The van der Waals surface area contributed by atoms with Crippen molar-refractivity contribution >= 4 is 64.1 Å². The van der Waals surface area contributed by atoms with E-state index >= 15 is 0 Å². The van der Waals surface area contributed by atoms with Gasteiger partial charge in [0.1, 0.15) is 0 Å². The summed E-state index contributed by atoms with van der Waals surface area (Å²) in [7, 11) is 0. The summed E-state index contributed by atoms with van der Waals surface area (Å²) in [6.07, 6.45) is 7.34. The molecule has 292 valence electrons. The van der Waals surface area contributed by atoms with Crippen LogP contribution in [0.15, 0.2) is 134 Å². The Hall–Kier alpha value is -4.10. The van der Waals surface area contributed by atoms with Crippen molar-refractivity contribution in [1.29, 1.82) is 21.0 Å². The Morgan fingerprint density at radius 3 is 0.914 bits per heavy atom. The smallest absolute Gasteiger partial charge is 0.286 e. The maximum Gasteiger partial charge on any atom is 3.00 e. The summed E-state index contributed by atoms with van der Waals surface area (Å²) in [4.78, 5) is 39.6. The second kappa shape index (κ2) is 34.9. The molecule has 0 aliphatic heterocycles. The minimum Gasteiger partial charge on any atom is -0.286 e. The number of hydrogen-bond donors (Lipinski definition) is 0. The van der Waals surface area contributed by atoms with E-state index in [0.717, 1.165) is 39.7 Å². The van der Waals surface area contributed by atoms with Gasteiger partial charge in [0.2, 0.25) is 0 Å². The van der Waals surface area contributed by atoms with Crippen molar-refractivity contribution in [2.45, 2.75) is 39.3 Å². The number of benzene rings is 1. The molecule has 6 aromatic rings. The van der Waals surface area contributed by atoms with Crippen LogP contribution in [0, 0.1) is 40.9 Å². The van der Waals surface area contributed by atoms with Gasteiger partial charge in [-0.05, 0) is 54.6 Å². The molecule has 0 aliphatic rings. The van der Waals surface area contributed by atoms with E-state index in [0.29, 0.717) is 45.1 Å². The van der Waals surface area contributed by atoms with Crippen molar-refractivity contribution < 1.29 is 34.1 Å². The summed E-state index contributed by atoms with van der Waals surface area (Å²) in [6.45, 7) is 3.91. The summed E-state index contributed by atoms with van der Waals surface area (Å²) >= 11 is 8.44. The van der Waals surface area contributed by atoms with E-state index in [9.17, 15) is 0 Å². The average Bonchev–Trinajstić information content (AvgIpc) is 3.21. The Morgan fingerprint density at radius 1 is 0.397 bits per heavy atom. The zero-order chi connectivity index (χ0) is 40.6. The van der Waals surface area contributed by atoms with Crippen molar-refractivity contribution in [3.05, 3.63) is 168 Å². The molecule has 0 fully saturated rings. The number of rotatable bonds is 13. The molecule has 5 heterocycles. The molecule has 0 spiro atoms. The van der Waals surface area contributed by atoms with Gasteiger partial charge < -0.3 is 0 Å². The molecule has 0 atom stereocenters. The summed E-state index contributed by atoms with van der Waals surface area (Å²) < 4.78 is 0. The number of nitrogens with zero attached hydrogens (tertiary/aromatic N) is 12. The molecule has 58 heavy (non-hydrogen) atoms. The van der Waals surface area contributed by atoms with Crippen LogP contribution in [0.1, 0.15) is 34.2 Å². The van der Waals surface area contributed by atoms with Crippen LogP contribution in [0.5, 0.6) is 0 Å². The van der Waals surface area contributed by atoms with Crippen molar-refractivity contribution in [3.8, 4) is 31.3 Å². The van der Waals surface area contributed by atoms with Crippen LogP contribution in [0.4, 0.5) is 0 Å². The topological polar surface area (TPSA) is 179 Å². The number of hydrogen-bond acceptors (Lipinski definition) is 12. The molecule has 0 bridgehead atoms. The molecule has 2 radical (unpaired) electrons. The van der Waals surface area contributed by atoms with Gasteiger partial charge in [0.25, 0.3) is 0 Å². The third kappa shape index (κ3) is 23.3. The molecule has 5 aromatic heterocycles. The van der Waals surface area contributed by atoms with E-state index in [1.54, 1.807) is 19.9 Å². The maximum absolute atomic E-state index is 7.26. The standard InChI is InChI=1S/C36H34N8.4CHNSe.2Fe/c1-2-12-29(13-3-1)36-41-34(27-43(23-30-14-4-8-18-37-30)24-31-15-5-9-19-38-31)22-35(42-36)28-44(25-32-16-6-10-20-39-32)26-33-17-7-11-21-40-33;4*2-1-3;;/h1-22H,23-28H2;4*3H;;/q;;;;;2*+3/p-4. The van der Waals surface area contributed by atoms with E-state index < -0.39 is 0 Å². The SMILES string of the molecule is N#C[Se-].N#C[Se-].N#C[Se-].N#C[Se-].[Fe+3].[Fe+3].c1ccc(-c2nc(CN(Cc3ccccn3)Cc3ccccn3)cc(CN(Cc3ccccn3)Cc3ccccn3)n2)cc1. The molecule has 18 heteroatoms. The van der Waals surface area contributed by atoms with E-state index in [1.165, 1.54) is 0 Å². The fraction of sp³-hybridized carbons (Fsp3) is 0.150. The molecular formula is C40H34Fe2N12Se4+2. The first kappa shape index (κ1) is 53.9. The molecule has 0 aliphatic carbocycles. The van der Waals surface area contributed by atoms with Gasteiger partial charge in [0, 0.05) is 69.6 Å². The summed E-state index contributed by atoms with van der Waals surface area (Å²) in [5.74, 6) is 0.712. The van der Waals surface area contributed by atoms with Gasteiger partial charge in [-0.2, -0.15) is 0 Å². The summed E-state index contributed by atoms with van der Waals surface area (Å²) in [5, 5.41) is 29.1. The van der Waals surface area contributed by atoms with E-state index in [1.807, 2.05) is 91.5 Å². The van der Waals surface area contributed by atoms with Crippen LogP contribution in [0.25, 0.3) is 11.4 Å². The van der Waals surface area contributed by atoms with Crippen LogP contribution in [0.3, 0.4) is 0 Å². The summed E-state index contributed by atoms with van der Waals surface area (Å²) in [6, 6.07) is 36.4. The zero-order valence-electron chi connectivity index (χ0n) is 30.7. The first-order valence-corrected chi connectivity index (χ1v) is 19.9. The van der Waals surface area contributed by atoms with Gasteiger partial charge in [-0.15, -0.1) is 0 Å². The van der Waals surface area contributed by atoms with Crippen molar-refractivity contribution in [3.63, 3.8) is 0 Å². The third-order valence-electron chi connectivity index (χ3n) is 7.08. The molecule has 6 rings (SSSR count). The fourth-order valence-electron chi connectivity index (χ4n) is 5.11. The largest absolute Gasteiger partial charge is 3.00 e. The predicted octanol–water partition coefficient (Wildman–Crippen LogP) is 4.67. The summed E-state index contributed by atoms with van der Waals surface area (Å²) in [5.41, 5.74) is 6.86. The van der Waals surface area contributed by atoms with Crippen LogP contribution < -0.4 is 0 Å². The van der Waals surface area contributed by atoms with Gasteiger partial charge in [-0.3, -0.25) is 29.7 Å². The first-order chi connectivity index (χ1) is 27.4. The van der Waals surface area contributed by atoms with Crippen LogP contribution >= 0.6 is 0 Å². The van der Waals surface area contributed by atoms with Crippen molar-refractivity contribution in [2.75, 3.05) is 0 Å². The van der Waals surface area contributed by atoms with Crippen LogP contribution in [-0.4, -0.2) is 104 Å².